The van der Waals surface area contributed by atoms with Crippen molar-refractivity contribution in [1.82, 2.24) is 5.16 Å². The lowest BCUT2D eigenvalue weighted by Crippen LogP contribution is -2.33. The van der Waals surface area contributed by atoms with Crippen LogP contribution in [0.1, 0.15) is 19.6 Å². The highest BCUT2D eigenvalue weighted by Crippen LogP contribution is 2.15. The summed E-state index contributed by atoms with van der Waals surface area (Å²) >= 11 is 1.06. The van der Waals surface area contributed by atoms with E-state index in [2.05, 4.69) is 15.8 Å². The number of carbonyl (C=O) groups is 3. The van der Waals surface area contributed by atoms with E-state index in [1.807, 2.05) is 0 Å². The maximum atomic E-state index is 12.8. The van der Waals surface area contributed by atoms with E-state index in [0.717, 1.165) is 11.8 Å². The number of carbonyl (C=O) groups excluding carboxylic acids is 3. The molecule has 1 aromatic carbocycles. The zero-order chi connectivity index (χ0) is 20.7. The van der Waals surface area contributed by atoms with Crippen LogP contribution in [-0.4, -0.2) is 40.0 Å². The van der Waals surface area contributed by atoms with Crippen LogP contribution in [0.4, 0.5) is 15.9 Å². The van der Waals surface area contributed by atoms with Crippen LogP contribution in [0.15, 0.2) is 34.9 Å². The number of rotatable bonds is 8. The van der Waals surface area contributed by atoms with Gasteiger partial charge in [-0.1, -0.05) is 5.16 Å². The lowest BCUT2D eigenvalue weighted by Gasteiger charge is -2.15. The van der Waals surface area contributed by atoms with Gasteiger partial charge in [-0.25, -0.2) is 4.39 Å². The fourth-order valence-electron chi connectivity index (χ4n) is 1.98. The van der Waals surface area contributed by atoms with E-state index in [-0.39, 0.29) is 17.5 Å². The molecule has 2 N–H and O–H groups in total. The first kappa shape index (κ1) is 21.4. The minimum absolute atomic E-state index is 0.00750. The highest BCUT2D eigenvalue weighted by atomic mass is 32.2. The van der Waals surface area contributed by atoms with Gasteiger partial charge in [0.05, 0.1) is 5.75 Å². The number of nitrogens with zero attached hydrogens (tertiary/aromatic N) is 1. The molecule has 0 aliphatic carbocycles. The standard InChI is InChI=1S/C18H20FN3O5S/c1-10-8-15(22-27-10)21-17(24)11(2)26-18(25)12(3)28-9-16(23)20-14-6-4-13(19)5-7-14/h4-8,11-12H,9H2,1-3H3,(H,20,23)(H,21,22,24). The van der Waals surface area contributed by atoms with Gasteiger partial charge in [-0.15, -0.1) is 11.8 Å². The second-order valence-corrected chi connectivity index (χ2v) is 7.23. The summed E-state index contributed by atoms with van der Waals surface area (Å²) in [6.45, 7) is 4.68. The number of hydrogen-bond donors (Lipinski definition) is 2. The number of benzene rings is 1. The van der Waals surface area contributed by atoms with Crippen molar-refractivity contribution in [3.8, 4) is 0 Å². The second-order valence-electron chi connectivity index (χ2n) is 5.90. The molecule has 2 atom stereocenters. The number of anilines is 2. The Morgan fingerprint density at radius 1 is 1.21 bits per heavy atom. The minimum atomic E-state index is -1.04. The SMILES string of the molecule is Cc1cc(NC(=O)C(C)OC(=O)C(C)SCC(=O)Nc2ccc(F)cc2)no1. The summed E-state index contributed by atoms with van der Waals surface area (Å²) in [5.41, 5.74) is 0.454. The summed E-state index contributed by atoms with van der Waals surface area (Å²) in [5, 5.41) is 8.02. The molecule has 2 rings (SSSR count). The maximum absolute atomic E-state index is 12.8. The third-order valence-electron chi connectivity index (χ3n) is 3.47. The number of aromatic nitrogens is 1. The zero-order valence-electron chi connectivity index (χ0n) is 15.5. The van der Waals surface area contributed by atoms with E-state index < -0.39 is 29.0 Å². The van der Waals surface area contributed by atoms with Gasteiger partial charge in [0, 0.05) is 11.8 Å². The van der Waals surface area contributed by atoms with Crippen molar-refractivity contribution in [2.24, 2.45) is 0 Å². The minimum Gasteiger partial charge on any atom is -0.452 e. The number of esters is 1. The third-order valence-corrected chi connectivity index (χ3v) is 4.59. The van der Waals surface area contributed by atoms with Gasteiger partial charge in [-0.3, -0.25) is 14.4 Å². The predicted octanol–water partition coefficient (Wildman–Crippen LogP) is 2.75. The van der Waals surface area contributed by atoms with Crippen LogP contribution in [0, 0.1) is 12.7 Å². The Kier molecular flexibility index (Phi) is 7.56. The van der Waals surface area contributed by atoms with E-state index >= 15 is 0 Å². The summed E-state index contributed by atoms with van der Waals surface area (Å²) in [7, 11) is 0. The van der Waals surface area contributed by atoms with Gasteiger partial charge in [-0.2, -0.15) is 0 Å². The van der Waals surface area contributed by atoms with Crippen LogP contribution >= 0.6 is 11.8 Å². The fourth-order valence-corrected chi connectivity index (χ4v) is 2.64. The molecule has 0 fully saturated rings. The third kappa shape index (κ3) is 6.69. The molecule has 0 aliphatic heterocycles. The normalized spacial score (nSPS) is 12.7. The summed E-state index contributed by atoms with van der Waals surface area (Å²) in [4.78, 5) is 36.0. The van der Waals surface area contributed by atoms with Gasteiger partial charge >= 0.3 is 5.97 Å². The summed E-state index contributed by atoms with van der Waals surface area (Å²) in [6, 6.07) is 6.87. The molecule has 2 aromatic rings. The molecular weight excluding hydrogens is 389 g/mol. The van der Waals surface area contributed by atoms with E-state index in [1.54, 1.807) is 13.8 Å². The fraction of sp³-hybridized carbons (Fsp3) is 0.333. The average molecular weight is 409 g/mol. The Morgan fingerprint density at radius 3 is 2.50 bits per heavy atom. The molecule has 0 saturated carbocycles. The van der Waals surface area contributed by atoms with Crippen LogP contribution in [0.5, 0.6) is 0 Å². The van der Waals surface area contributed by atoms with Crippen LogP contribution in [0.3, 0.4) is 0 Å². The molecular formula is C18H20FN3O5S. The molecule has 10 heteroatoms. The lowest BCUT2D eigenvalue weighted by molar-refractivity contribution is -0.152. The molecule has 8 nitrogen and oxygen atoms in total. The van der Waals surface area contributed by atoms with E-state index in [9.17, 15) is 18.8 Å². The van der Waals surface area contributed by atoms with Gasteiger partial charge < -0.3 is 19.9 Å². The van der Waals surface area contributed by atoms with Crippen molar-refractivity contribution in [3.63, 3.8) is 0 Å². The average Bonchev–Trinajstić information content (AvgIpc) is 3.06. The molecule has 0 radical (unpaired) electrons. The van der Waals surface area contributed by atoms with Gasteiger partial charge in [0.1, 0.15) is 16.8 Å². The number of aryl methyl sites for hydroxylation is 1. The van der Waals surface area contributed by atoms with Gasteiger partial charge in [0.2, 0.25) is 5.91 Å². The largest absolute Gasteiger partial charge is 0.452 e. The summed E-state index contributed by atoms with van der Waals surface area (Å²) < 4.78 is 22.8. The highest BCUT2D eigenvalue weighted by molar-refractivity contribution is 8.01. The van der Waals surface area contributed by atoms with E-state index in [0.29, 0.717) is 11.4 Å². The van der Waals surface area contributed by atoms with Crippen molar-refractivity contribution in [2.45, 2.75) is 32.1 Å². The Labute approximate surface area is 165 Å². The monoisotopic (exact) mass is 409 g/mol. The summed E-state index contributed by atoms with van der Waals surface area (Å²) in [6.07, 6.45) is -1.04. The Morgan fingerprint density at radius 2 is 1.89 bits per heavy atom. The van der Waals surface area contributed by atoms with Crippen LogP contribution < -0.4 is 10.6 Å². The molecule has 0 aliphatic rings. The maximum Gasteiger partial charge on any atom is 0.319 e. The molecule has 1 aromatic heterocycles. The number of ether oxygens (including phenoxy) is 1. The first-order chi connectivity index (χ1) is 13.2. The Balaban J connectivity index is 1.74. The van der Waals surface area contributed by atoms with Gasteiger partial charge in [-0.05, 0) is 45.0 Å². The van der Waals surface area contributed by atoms with Gasteiger partial charge in [0.15, 0.2) is 11.9 Å². The first-order valence-electron chi connectivity index (χ1n) is 8.36. The molecule has 2 unspecified atom stereocenters. The number of amides is 2. The topological polar surface area (TPSA) is 111 Å². The van der Waals surface area contributed by atoms with Crippen molar-refractivity contribution in [1.29, 1.82) is 0 Å². The van der Waals surface area contributed by atoms with Crippen LogP contribution in [0.2, 0.25) is 0 Å². The predicted molar refractivity (Wildman–Crippen MR) is 102 cm³/mol. The Hall–Kier alpha value is -2.88. The van der Waals surface area contributed by atoms with Crippen molar-refractivity contribution >= 4 is 41.1 Å². The second kappa shape index (κ2) is 9.88. The van der Waals surface area contributed by atoms with Gasteiger partial charge in [0.25, 0.3) is 5.91 Å². The smallest absolute Gasteiger partial charge is 0.319 e. The van der Waals surface area contributed by atoms with Crippen LogP contribution in [0.25, 0.3) is 0 Å². The van der Waals surface area contributed by atoms with Crippen molar-refractivity contribution < 1.29 is 28.0 Å². The van der Waals surface area contributed by atoms with Crippen molar-refractivity contribution in [2.75, 3.05) is 16.4 Å². The lowest BCUT2D eigenvalue weighted by atomic mass is 10.3. The zero-order valence-corrected chi connectivity index (χ0v) is 16.3. The molecule has 0 bridgehead atoms. The number of nitrogens with one attached hydrogen (secondary N) is 2. The number of thioether (sulfide) groups is 1. The molecule has 28 heavy (non-hydrogen) atoms. The molecule has 0 saturated heterocycles. The molecule has 1 heterocycles. The summed E-state index contributed by atoms with van der Waals surface area (Å²) in [5.74, 6) is -1.17. The highest BCUT2D eigenvalue weighted by Gasteiger charge is 2.23. The first-order valence-corrected chi connectivity index (χ1v) is 9.41. The van der Waals surface area contributed by atoms with E-state index in [1.165, 1.54) is 37.3 Å². The number of hydrogen-bond acceptors (Lipinski definition) is 7. The van der Waals surface area contributed by atoms with Crippen molar-refractivity contribution in [3.05, 3.63) is 41.9 Å². The quantitative estimate of drug-likeness (QED) is 0.645. The molecule has 2 amide bonds. The molecule has 0 spiro atoms. The molecule has 150 valence electrons. The number of halogens is 1. The Bertz CT molecular complexity index is 840. The van der Waals surface area contributed by atoms with Crippen LogP contribution in [-0.2, 0) is 19.1 Å². The van der Waals surface area contributed by atoms with E-state index in [4.69, 9.17) is 9.26 Å².